The molecule has 2 aliphatic carbocycles. The standard InChI is InChI=1S/C9H9NO2.C6H15N.CH2Cl2/c11-8-6-4-1-2-5(3-4)7(6)9(12)10-8;1-2-3-4-5-6-7;2-1-3/h1-2,4-7H,3H2,(H,10,11,12);2-7H2,1H3;1H2. The highest BCUT2D eigenvalue weighted by molar-refractivity contribution is 6.40. The highest BCUT2D eigenvalue weighted by atomic mass is 35.5. The minimum Gasteiger partial charge on any atom is -0.330 e. The minimum atomic E-state index is -0.0538. The lowest BCUT2D eigenvalue weighted by Gasteiger charge is -2.14. The Morgan fingerprint density at radius 2 is 1.59 bits per heavy atom. The van der Waals surface area contributed by atoms with Crippen LogP contribution in [0, 0.1) is 23.7 Å². The van der Waals surface area contributed by atoms with Gasteiger partial charge in [-0.25, -0.2) is 0 Å². The van der Waals surface area contributed by atoms with E-state index in [1.54, 1.807) is 0 Å². The summed E-state index contributed by atoms with van der Waals surface area (Å²) in [5.74, 6) is 0.501. The average molecular weight is 349 g/mol. The molecule has 2 bridgehead atoms. The van der Waals surface area contributed by atoms with Crippen molar-refractivity contribution in [1.82, 2.24) is 5.32 Å². The van der Waals surface area contributed by atoms with Crippen molar-refractivity contribution >= 4 is 35.0 Å². The molecule has 4 nitrogen and oxygen atoms in total. The van der Waals surface area contributed by atoms with Crippen LogP contribution in [-0.4, -0.2) is 23.7 Å². The van der Waals surface area contributed by atoms with Gasteiger partial charge in [0.05, 0.1) is 17.2 Å². The number of carbonyl (C=O) groups is 2. The molecule has 1 heterocycles. The van der Waals surface area contributed by atoms with Crippen molar-refractivity contribution < 1.29 is 9.59 Å². The lowest BCUT2D eigenvalue weighted by molar-refractivity contribution is -0.126. The summed E-state index contributed by atoms with van der Waals surface area (Å²) in [5.41, 5.74) is 5.27. The van der Waals surface area contributed by atoms with E-state index in [-0.39, 0.29) is 29.0 Å². The van der Waals surface area contributed by atoms with Gasteiger partial charge in [-0.15, -0.1) is 23.2 Å². The van der Waals surface area contributed by atoms with Crippen molar-refractivity contribution in [1.29, 1.82) is 0 Å². The van der Waals surface area contributed by atoms with Gasteiger partial charge in [0.15, 0.2) is 0 Å². The second-order valence-electron chi connectivity index (χ2n) is 5.80. The first-order valence-electron chi connectivity index (χ1n) is 7.95. The van der Waals surface area contributed by atoms with Gasteiger partial charge >= 0.3 is 0 Å². The number of hydrogen-bond acceptors (Lipinski definition) is 3. The first-order chi connectivity index (χ1) is 10.6. The summed E-state index contributed by atoms with van der Waals surface area (Å²) >= 11 is 9.53. The molecule has 0 aromatic carbocycles. The van der Waals surface area contributed by atoms with Crippen LogP contribution in [0.5, 0.6) is 0 Å². The first kappa shape index (κ1) is 19.5. The molecule has 6 heteroatoms. The van der Waals surface area contributed by atoms with Crippen LogP contribution >= 0.6 is 23.2 Å². The summed E-state index contributed by atoms with van der Waals surface area (Å²) in [6.45, 7) is 3.07. The summed E-state index contributed by atoms with van der Waals surface area (Å²) < 4.78 is 0. The number of alkyl halides is 2. The monoisotopic (exact) mass is 348 g/mol. The van der Waals surface area contributed by atoms with E-state index in [1.165, 1.54) is 25.7 Å². The number of unbranched alkanes of at least 4 members (excludes halogenated alkanes) is 3. The van der Waals surface area contributed by atoms with Gasteiger partial charge < -0.3 is 5.73 Å². The number of halogens is 2. The smallest absolute Gasteiger partial charge is 0.231 e. The van der Waals surface area contributed by atoms with Crippen LogP contribution in [0.25, 0.3) is 0 Å². The van der Waals surface area contributed by atoms with Gasteiger partial charge in [0.25, 0.3) is 0 Å². The normalized spacial score (nSPS) is 30.2. The molecular formula is C16H26Cl2N2O2. The first-order valence-corrected chi connectivity index (χ1v) is 9.02. The predicted octanol–water partition coefficient (Wildman–Crippen LogP) is 3.03. The van der Waals surface area contributed by atoms with Crippen molar-refractivity contribution in [2.45, 2.75) is 39.0 Å². The van der Waals surface area contributed by atoms with Gasteiger partial charge in [-0.2, -0.15) is 0 Å². The molecule has 0 spiro atoms. The number of nitrogens with one attached hydrogen (secondary N) is 1. The molecule has 0 aromatic heterocycles. The topological polar surface area (TPSA) is 72.2 Å². The number of fused-ring (bicyclic) bond motifs is 5. The fourth-order valence-electron chi connectivity index (χ4n) is 3.40. The van der Waals surface area contributed by atoms with Gasteiger partial charge in [-0.1, -0.05) is 38.3 Å². The Morgan fingerprint density at radius 1 is 1.09 bits per heavy atom. The molecule has 3 rings (SSSR count). The number of rotatable bonds is 4. The molecule has 22 heavy (non-hydrogen) atoms. The summed E-state index contributed by atoms with van der Waals surface area (Å²) in [6, 6.07) is 0. The zero-order valence-corrected chi connectivity index (χ0v) is 14.6. The molecule has 2 amide bonds. The Morgan fingerprint density at radius 3 is 2.00 bits per heavy atom. The minimum absolute atomic E-state index is 0.0347. The Kier molecular flexibility index (Phi) is 9.06. The van der Waals surface area contributed by atoms with E-state index in [0.717, 1.165) is 13.0 Å². The molecule has 1 aliphatic heterocycles. The van der Waals surface area contributed by atoms with Crippen molar-refractivity contribution in [2.24, 2.45) is 29.4 Å². The largest absolute Gasteiger partial charge is 0.330 e. The van der Waals surface area contributed by atoms with Crippen LogP contribution < -0.4 is 11.1 Å². The molecule has 3 N–H and O–H groups in total. The SMILES string of the molecule is CCCCCCN.ClCCl.O=C1NC(=O)C2C3C=CC(C3)C12. The fourth-order valence-corrected chi connectivity index (χ4v) is 3.40. The van der Waals surface area contributed by atoms with E-state index in [0.29, 0.717) is 11.8 Å². The second kappa shape index (κ2) is 10.2. The second-order valence-corrected chi connectivity index (χ2v) is 6.61. The number of allylic oxidation sites excluding steroid dienone is 2. The van der Waals surface area contributed by atoms with E-state index in [2.05, 4.69) is 24.4 Å². The fraction of sp³-hybridized carbons (Fsp3) is 0.750. The van der Waals surface area contributed by atoms with E-state index in [1.807, 2.05) is 0 Å². The summed E-state index contributed by atoms with van der Waals surface area (Å²) in [6.07, 6.45) is 10.3. The molecule has 3 aliphatic rings. The van der Waals surface area contributed by atoms with Crippen LogP contribution in [0.15, 0.2) is 12.2 Å². The van der Waals surface area contributed by atoms with Gasteiger partial charge in [0, 0.05) is 0 Å². The van der Waals surface area contributed by atoms with Crippen LogP contribution in [0.2, 0.25) is 0 Å². The van der Waals surface area contributed by atoms with E-state index >= 15 is 0 Å². The van der Waals surface area contributed by atoms with Gasteiger partial charge in [0.1, 0.15) is 0 Å². The quantitative estimate of drug-likeness (QED) is 0.355. The molecule has 4 unspecified atom stereocenters. The number of nitrogens with two attached hydrogens (primary N) is 1. The van der Waals surface area contributed by atoms with Crippen LogP contribution in [0.3, 0.4) is 0 Å². The van der Waals surface area contributed by atoms with Crippen LogP contribution in [0.4, 0.5) is 0 Å². The molecule has 126 valence electrons. The predicted molar refractivity (Wildman–Crippen MR) is 90.6 cm³/mol. The number of imide groups is 1. The van der Waals surface area contributed by atoms with Gasteiger partial charge in [-0.05, 0) is 31.2 Å². The van der Waals surface area contributed by atoms with Gasteiger partial charge in [-0.3, -0.25) is 14.9 Å². The van der Waals surface area contributed by atoms with E-state index < -0.39 is 0 Å². The van der Waals surface area contributed by atoms with Crippen molar-refractivity contribution in [3.63, 3.8) is 0 Å². The highest BCUT2D eigenvalue weighted by Crippen LogP contribution is 2.50. The van der Waals surface area contributed by atoms with E-state index in [9.17, 15) is 9.59 Å². The molecule has 4 atom stereocenters. The van der Waals surface area contributed by atoms with Gasteiger partial charge in [0.2, 0.25) is 11.8 Å². The zero-order valence-electron chi connectivity index (χ0n) is 13.1. The number of hydrogen-bond donors (Lipinski definition) is 2. The molecule has 0 radical (unpaired) electrons. The summed E-state index contributed by atoms with van der Waals surface area (Å²) in [7, 11) is 0. The Bertz CT molecular complexity index is 370. The Hall–Kier alpha value is -0.580. The lowest BCUT2D eigenvalue weighted by Crippen LogP contribution is -2.25. The molecule has 2 fully saturated rings. The van der Waals surface area contributed by atoms with Crippen molar-refractivity contribution in [2.75, 3.05) is 11.9 Å². The third kappa shape index (κ3) is 4.97. The molecule has 1 saturated carbocycles. The van der Waals surface area contributed by atoms with Crippen molar-refractivity contribution in [3.05, 3.63) is 12.2 Å². The third-order valence-electron chi connectivity index (χ3n) is 4.37. The number of amides is 2. The Balaban J connectivity index is 0.000000210. The molecule has 1 saturated heterocycles. The third-order valence-corrected chi connectivity index (χ3v) is 4.37. The molecular weight excluding hydrogens is 323 g/mol. The zero-order chi connectivity index (χ0) is 16.5. The average Bonchev–Trinajstić information content (AvgIpc) is 3.16. The van der Waals surface area contributed by atoms with E-state index in [4.69, 9.17) is 28.9 Å². The van der Waals surface area contributed by atoms with Crippen molar-refractivity contribution in [3.8, 4) is 0 Å². The summed E-state index contributed by atoms with van der Waals surface area (Å²) in [4.78, 5) is 22.6. The summed E-state index contributed by atoms with van der Waals surface area (Å²) in [5, 5.41) is 2.60. The maximum Gasteiger partial charge on any atom is 0.231 e. The maximum absolute atomic E-state index is 11.3. The number of carbonyl (C=O) groups excluding carboxylic acids is 2. The maximum atomic E-state index is 11.3. The van der Waals surface area contributed by atoms with Crippen LogP contribution in [-0.2, 0) is 9.59 Å². The van der Waals surface area contributed by atoms with Crippen LogP contribution in [0.1, 0.15) is 39.0 Å². The lowest BCUT2D eigenvalue weighted by atomic mass is 9.85. The highest BCUT2D eigenvalue weighted by Gasteiger charge is 2.55. The Labute approximate surface area is 142 Å². The molecule has 0 aromatic rings.